The molecule has 162 valence electrons. The summed E-state index contributed by atoms with van der Waals surface area (Å²) < 4.78 is 0. The van der Waals surface area contributed by atoms with Gasteiger partial charge in [-0.05, 0) is 55.0 Å². The molecule has 2 amide bonds. The Balaban J connectivity index is 1.59. The van der Waals surface area contributed by atoms with Crippen molar-refractivity contribution in [2.24, 2.45) is 0 Å². The molecule has 2 N–H and O–H groups in total. The lowest BCUT2D eigenvalue weighted by atomic mass is 9.99. The first-order chi connectivity index (χ1) is 16.0. The van der Waals surface area contributed by atoms with Gasteiger partial charge in [-0.1, -0.05) is 47.5 Å². The summed E-state index contributed by atoms with van der Waals surface area (Å²) in [5, 5.41) is 8.71. The molecule has 0 aliphatic rings. The molecule has 3 aromatic carbocycles. The Morgan fingerprint density at radius 1 is 0.848 bits per heavy atom. The molecule has 2 aromatic heterocycles. The highest BCUT2D eigenvalue weighted by Gasteiger charge is 2.17. The van der Waals surface area contributed by atoms with E-state index in [1.165, 1.54) is 0 Å². The van der Waals surface area contributed by atoms with E-state index < -0.39 is 6.03 Å². The summed E-state index contributed by atoms with van der Waals surface area (Å²) in [6.07, 6.45) is 3.36. The molecule has 7 heteroatoms. The quantitative estimate of drug-likeness (QED) is 0.282. The van der Waals surface area contributed by atoms with Gasteiger partial charge in [-0.25, -0.2) is 4.79 Å². The summed E-state index contributed by atoms with van der Waals surface area (Å²) in [4.78, 5) is 22.0. The first-order valence-corrected chi connectivity index (χ1v) is 11.0. The molecular formula is C26H18Cl2N4O. The number of pyridine rings is 2. The molecule has 0 aliphatic carbocycles. The van der Waals surface area contributed by atoms with E-state index in [1.54, 1.807) is 18.5 Å². The highest BCUT2D eigenvalue weighted by Crippen LogP contribution is 2.39. The van der Waals surface area contributed by atoms with Crippen LogP contribution in [0, 0.1) is 6.92 Å². The Hall–Kier alpha value is -3.67. The number of anilines is 2. The summed E-state index contributed by atoms with van der Waals surface area (Å²) in [6, 6.07) is 20.2. The van der Waals surface area contributed by atoms with Crippen LogP contribution in [0.2, 0.25) is 10.0 Å². The SMILES string of the molecule is Cc1ccc2ncccc2c1NC(=O)Nc1cnc2ccc(Cl)cc2c1-c1ccccc1Cl. The van der Waals surface area contributed by atoms with Gasteiger partial charge in [0.15, 0.2) is 0 Å². The highest BCUT2D eigenvalue weighted by molar-refractivity contribution is 6.34. The normalized spacial score (nSPS) is 11.0. The predicted molar refractivity (Wildman–Crippen MR) is 136 cm³/mol. The molecule has 0 spiro atoms. The Labute approximate surface area is 200 Å². The van der Waals surface area contributed by atoms with E-state index in [-0.39, 0.29) is 0 Å². The molecule has 2 heterocycles. The Bertz CT molecular complexity index is 1530. The summed E-state index contributed by atoms with van der Waals surface area (Å²) in [5.74, 6) is 0. The smallest absolute Gasteiger partial charge is 0.307 e. The molecule has 5 nitrogen and oxygen atoms in total. The number of nitrogens with one attached hydrogen (secondary N) is 2. The number of amides is 2. The topological polar surface area (TPSA) is 66.9 Å². The number of hydrogen-bond donors (Lipinski definition) is 2. The van der Waals surface area contributed by atoms with E-state index in [0.717, 1.165) is 38.5 Å². The maximum absolute atomic E-state index is 13.1. The van der Waals surface area contributed by atoms with Crippen LogP contribution in [0.4, 0.5) is 16.2 Å². The number of rotatable bonds is 3. The van der Waals surface area contributed by atoms with E-state index >= 15 is 0 Å². The fourth-order valence-electron chi connectivity index (χ4n) is 3.91. The molecule has 0 bridgehead atoms. The monoisotopic (exact) mass is 472 g/mol. The fraction of sp³-hybridized carbons (Fsp3) is 0.0385. The van der Waals surface area contributed by atoms with E-state index in [4.69, 9.17) is 23.2 Å². The molecule has 0 saturated heterocycles. The van der Waals surface area contributed by atoms with Gasteiger partial charge >= 0.3 is 6.03 Å². The average molecular weight is 473 g/mol. The number of halogens is 2. The highest BCUT2D eigenvalue weighted by atomic mass is 35.5. The minimum atomic E-state index is -0.397. The second-order valence-electron chi connectivity index (χ2n) is 7.59. The first kappa shape index (κ1) is 21.2. The van der Waals surface area contributed by atoms with Crippen molar-refractivity contribution in [2.75, 3.05) is 10.6 Å². The average Bonchev–Trinajstić information content (AvgIpc) is 2.81. The van der Waals surface area contributed by atoms with Gasteiger partial charge in [0.2, 0.25) is 0 Å². The van der Waals surface area contributed by atoms with Crippen molar-refractivity contribution in [1.29, 1.82) is 0 Å². The Kier molecular flexibility index (Phi) is 5.58. The molecule has 0 fully saturated rings. The summed E-state index contributed by atoms with van der Waals surface area (Å²) in [5.41, 5.74) is 5.23. The zero-order chi connectivity index (χ0) is 22.9. The molecule has 5 aromatic rings. The molecule has 33 heavy (non-hydrogen) atoms. The van der Waals surface area contributed by atoms with Gasteiger partial charge in [-0.2, -0.15) is 0 Å². The summed E-state index contributed by atoms with van der Waals surface area (Å²) in [6.45, 7) is 1.94. The van der Waals surface area contributed by atoms with Gasteiger partial charge in [-0.15, -0.1) is 0 Å². The van der Waals surface area contributed by atoms with Crippen molar-refractivity contribution in [3.05, 3.63) is 94.7 Å². The minimum absolute atomic E-state index is 0.397. The lowest BCUT2D eigenvalue weighted by Gasteiger charge is -2.17. The third-order valence-corrected chi connectivity index (χ3v) is 6.02. The number of carbonyl (C=O) groups excluding carboxylic acids is 1. The van der Waals surface area contributed by atoms with Crippen molar-refractivity contribution < 1.29 is 4.79 Å². The molecule has 0 radical (unpaired) electrons. The van der Waals surface area contributed by atoms with Crippen LogP contribution < -0.4 is 10.6 Å². The van der Waals surface area contributed by atoms with Crippen LogP contribution >= 0.6 is 23.2 Å². The third-order valence-electron chi connectivity index (χ3n) is 5.45. The number of fused-ring (bicyclic) bond motifs is 2. The zero-order valence-corrected chi connectivity index (χ0v) is 19.1. The van der Waals surface area contributed by atoms with Crippen molar-refractivity contribution in [2.45, 2.75) is 6.92 Å². The summed E-state index contributed by atoms with van der Waals surface area (Å²) >= 11 is 12.8. The van der Waals surface area contributed by atoms with Crippen molar-refractivity contribution in [3.63, 3.8) is 0 Å². The van der Waals surface area contributed by atoms with E-state index in [0.29, 0.717) is 21.4 Å². The van der Waals surface area contributed by atoms with E-state index in [1.807, 2.05) is 67.6 Å². The standard InChI is InChI=1S/C26H18Cl2N4O/c1-15-8-10-21-18(6-4-12-29-21)25(15)32-26(33)31-23-14-30-22-11-9-16(27)13-19(22)24(23)17-5-2-3-7-20(17)28/h2-14H,1H3,(H2,31,32,33). The first-order valence-electron chi connectivity index (χ1n) is 10.3. The predicted octanol–water partition coefficient (Wildman–Crippen LogP) is 7.71. The van der Waals surface area contributed by atoms with Gasteiger partial charge in [0, 0.05) is 38.1 Å². The van der Waals surface area contributed by atoms with Crippen LogP contribution in [0.5, 0.6) is 0 Å². The molecule has 5 rings (SSSR count). The third kappa shape index (κ3) is 4.09. The minimum Gasteiger partial charge on any atom is -0.307 e. The molecule has 0 unspecified atom stereocenters. The van der Waals surface area contributed by atoms with Gasteiger partial charge < -0.3 is 10.6 Å². The summed E-state index contributed by atoms with van der Waals surface area (Å²) in [7, 11) is 0. The van der Waals surface area contributed by atoms with Crippen LogP contribution in [-0.2, 0) is 0 Å². The van der Waals surface area contributed by atoms with Gasteiger partial charge in [0.25, 0.3) is 0 Å². The van der Waals surface area contributed by atoms with Crippen LogP contribution in [0.15, 0.2) is 79.1 Å². The zero-order valence-electron chi connectivity index (χ0n) is 17.6. The van der Waals surface area contributed by atoms with Crippen LogP contribution in [0.1, 0.15) is 5.56 Å². The molecule has 0 aliphatic heterocycles. The van der Waals surface area contributed by atoms with Gasteiger partial charge in [0.1, 0.15) is 0 Å². The van der Waals surface area contributed by atoms with Crippen molar-refractivity contribution in [3.8, 4) is 11.1 Å². The fourth-order valence-corrected chi connectivity index (χ4v) is 4.31. The number of aromatic nitrogens is 2. The van der Waals surface area contributed by atoms with E-state index in [2.05, 4.69) is 20.6 Å². The number of aryl methyl sites for hydroxylation is 1. The second-order valence-corrected chi connectivity index (χ2v) is 8.44. The van der Waals surface area contributed by atoms with Gasteiger partial charge in [-0.3, -0.25) is 9.97 Å². The molecule has 0 saturated carbocycles. The number of benzene rings is 3. The number of hydrogen-bond acceptors (Lipinski definition) is 3. The Morgan fingerprint density at radius 2 is 1.64 bits per heavy atom. The lowest BCUT2D eigenvalue weighted by Crippen LogP contribution is -2.21. The largest absolute Gasteiger partial charge is 0.323 e. The molecule has 0 atom stereocenters. The van der Waals surface area contributed by atoms with Crippen LogP contribution in [0.3, 0.4) is 0 Å². The maximum atomic E-state index is 13.1. The maximum Gasteiger partial charge on any atom is 0.323 e. The lowest BCUT2D eigenvalue weighted by molar-refractivity contribution is 0.262. The Morgan fingerprint density at radius 3 is 2.48 bits per heavy atom. The van der Waals surface area contributed by atoms with Crippen molar-refractivity contribution in [1.82, 2.24) is 9.97 Å². The van der Waals surface area contributed by atoms with Gasteiger partial charge in [0.05, 0.1) is 28.6 Å². The van der Waals surface area contributed by atoms with Crippen LogP contribution in [0.25, 0.3) is 32.9 Å². The van der Waals surface area contributed by atoms with E-state index in [9.17, 15) is 4.79 Å². The van der Waals surface area contributed by atoms with Crippen molar-refractivity contribution >= 4 is 62.4 Å². The second kappa shape index (κ2) is 8.70. The number of carbonyl (C=O) groups is 1. The molecular weight excluding hydrogens is 455 g/mol. The van der Waals surface area contributed by atoms with Crippen LogP contribution in [-0.4, -0.2) is 16.0 Å². The number of urea groups is 1. The number of nitrogens with zero attached hydrogens (tertiary/aromatic N) is 2.